The molecule has 27 heavy (non-hydrogen) atoms. The Kier molecular flexibility index (Phi) is 4.62. The summed E-state index contributed by atoms with van der Waals surface area (Å²) in [5.41, 5.74) is 1.26. The highest BCUT2D eigenvalue weighted by Gasteiger charge is 2.25. The van der Waals surface area contributed by atoms with E-state index in [0.717, 1.165) is 0 Å². The maximum atomic E-state index is 13.9. The van der Waals surface area contributed by atoms with Gasteiger partial charge in [-0.15, -0.1) is 0 Å². The zero-order chi connectivity index (χ0) is 18.8. The van der Waals surface area contributed by atoms with Gasteiger partial charge in [-0.25, -0.2) is 8.78 Å². The molecule has 1 aliphatic heterocycles. The molecular weight excluding hydrogens is 350 g/mol. The van der Waals surface area contributed by atoms with Crippen LogP contribution >= 0.6 is 0 Å². The Balaban J connectivity index is 1.43. The van der Waals surface area contributed by atoms with Crippen molar-refractivity contribution in [2.24, 2.45) is 0 Å². The molecule has 1 saturated heterocycles. The van der Waals surface area contributed by atoms with Gasteiger partial charge in [0, 0.05) is 31.7 Å². The molecule has 0 atom stereocenters. The molecule has 0 bridgehead atoms. The topological polar surface area (TPSA) is 36.7 Å². The fraction of sp³-hybridized carbons (Fsp3) is 0.190. The number of anilines is 1. The van der Waals surface area contributed by atoms with E-state index in [4.69, 9.17) is 4.42 Å². The summed E-state index contributed by atoms with van der Waals surface area (Å²) in [4.78, 5) is 16.3. The van der Waals surface area contributed by atoms with E-state index in [2.05, 4.69) is 0 Å². The standard InChI is InChI=1S/C21H18F2N2O2/c22-16-7-5-15(6-8-16)19-9-10-20(27-19)21(26)25-13-11-24(12-14-25)18-4-2-1-3-17(18)23/h1-10H,11-14H2. The van der Waals surface area contributed by atoms with Crippen molar-refractivity contribution in [2.45, 2.75) is 0 Å². The van der Waals surface area contributed by atoms with Crippen LogP contribution < -0.4 is 4.90 Å². The fourth-order valence-electron chi connectivity index (χ4n) is 3.24. The number of para-hydroxylation sites is 1. The summed E-state index contributed by atoms with van der Waals surface area (Å²) in [6, 6.07) is 15.9. The van der Waals surface area contributed by atoms with Crippen LogP contribution in [0.15, 0.2) is 65.1 Å². The zero-order valence-electron chi connectivity index (χ0n) is 14.6. The van der Waals surface area contributed by atoms with E-state index < -0.39 is 0 Å². The van der Waals surface area contributed by atoms with Crippen molar-refractivity contribution in [3.05, 3.63) is 78.1 Å². The van der Waals surface area contributed by atoms with Gasteiger partial charge >= 0.3 is 0 Å². The number of hydrogen-bond acceptors (Lipinski definition) is 3. The number of piperazine rings is 1. The predicted molar refractivity (Wildman–Crippen MR) is 98.6 cm³/mol. The summed E-state index contributed by atoms with van der Waals surface area (Å²) in [5, 5.41) is 0. The first-order chi connectivity index (χ1) is 13.1. The number of carbonyl (C=O) groups is 1. The number of amides is 1. The Morgan fingerprint density at radius 2 is 1.56 bits per heavy atom. The molecule has 2 aromatic carbocycles. The quantitative estimate of drug-likeness (QED) is 0.696. The smallest absolute Gasteiger partial charge is 0.289 e. The van der Waals surface area contributed by atoms with Crippen LogP contribution in [0.4, 0.5) is 14.5 Å². The minimum Gasteiger partial charge on any atom is -0.451 e. The van der Waals surface area contributed by atoms with Crippen molar-refractivity contribution < 1.29 is 18.0 Å². The summed E-state index contributed by atoms with van der Waals surface area (Å²) in [6.45, 7) is 2.08. The van der Waals surface area contributed by atoms with Crippen molar-refractivity contribution >= 4 is 11.6 Å². The monoisotopic (exact) mass is 368 g/mol. The van der Waals surface area contributed by atoms with Gasteiger partial charge < -0.3 is 14.2 Å². The van der Waals surface area contributed by atoms with Gasteiger partial charge in [-0.05, 0) is 48.5 Å². The lowest BCUT2D eigenvalue weighted by molar-refractivity contribution is 0.0715. The Hall–Kier alpha value is -3.15. The Morgan fingerprint density at radius 1 is 0.852 bits per heavy atom. The van der Waals surface area contributed by atoms with E-state index in [9.17, 15) is 13.6 Å². The van der Waals surface area contributed by atoms with Gasteiger partial charge in [0.25, 0.3) is 5.91 Å². The molecule has 0 radical (unpaired) electrons. The van der Waals surface area contributed by atoms with Gasteiger partial charge in [0.2, 0.25) is 0 Å². The largest absolute Gasteiger partial charge is 0.451 e. The van der Waals surface area contributed by atoms with Gasteiger partial charge in [0.1, 0.15) is 17.4 Å². The fourth-order valence-corrected chi connectivity index (χ4v) is 3.24. The first-order valence-corrected chi connectivity index (χ1v) is 8.76. The molecule has 1 amide bonds. The number of benzene rings is 2. The maximum absolute atomic E-state index is 13.9. The van der Waals surface area contributed by atoms with Gasteiger partial charge in [-0.2, -0.15) is 0 Å². The number of rotatable bonds is 3. The number of halogens is 2. The molecule has 1 fully saturated rings. The number of hydrogen-bond donors (Lipinski definition) is 0. The van der Waals surface area contributed by atoms with Gasteiger partial charge in [0.15, 0.2) is 5.76 Å². The van der Waals surface area contributed by atoms with E-state index in [1.807, 2.05) is 4.90 Å². The maximum Gasteiger partial charge on any atom is 0.289 e. The number of nitrogens with zero attached hydrogens (tertiary/aromatic N) is 2. The first-order valence-electron chi connectivity index (χ1n) is 8.76. The molecule has 6 heteroatoms. The van der Waals surface area contributed by atoms with E-state index in [0.29, 0.717) is 43.2 Å². The van der Waals surface area contributed by atoms with Crippen LogP contribution in [-0.2, 0) is 0 Å². The molecule has 0 spiro atoms. The average molecular weight is 368 g/mol. The SMILES string of the molecule is O=C(c1ccc(-c2ccc(F)cc2)o1)N1CCN(c2ccccc2F)CC1. The van der Waals surface area contributed by atoms with Crippen LogP contribution in [0.3, 0.4) is 0 Å². The third-order valence-electron chi connectivity index (χ3n) is 4.71. The summed E-state index contributed by atoms with van der Waals surface area (Å²) in [5.74, 6) is -0.0184. The van der Waals surface area contributed by atoms with Crippen LogP contribution in [-0.4, -0.2) is 37.0 Å². The highest BCUT2D eigenvalue weighted by Crippen LogP contribution is 2.24. The number of furan rings is 1. The van der Waals surface area contributed by atoms with Crippen molar-refractivity contribution in [1.82, 2.24) is 4.90 Å². The zero-order valence-corrected chi connectivity index (χ0v) is 14.6. The second-order valence-electron chi connectivity index (χ2n) is 6.40. The van der Waals surface area contributed by atoms with Gasteiger partial charge in [-0.3, -0.25) is 4.79 Å². The van der Waals surface area contributed by atoms with Crippen molar-refractivity contribution in [3.8, 4) is 11.3 Å². The Bertz CT molecular complexity index is 945. The Labute approximate surface area is 155 Å². The normalized spacial score (nSPS) is 14.4. The second kappa shape index (κ2) is 7.23. The average Bonchev–Trinajstić information content (AvgIpc) is 3.19. The summed E-state index contributed by atoms with van der Waals surface area (Å²) < 4.78 is 32.6. The van der Waals surface area contributed by atoms with Crippen LogP contribution in [0.25, 0.3) is 11.3 Å². The Morgan fingerprint density at radius 3 is 2.26 bits per heavy atom. The van der Waals surface area contributed by atoms with Crippen molar-refractivity contribution in [2.75, 3.05) is 31.1 Å². The summed E-state index contributed by atoms with van der Waals surface area (Å²) >= 11 is 0. The molecule has 2 heterocycles. The van der Waals surface area contributed by atoms with Crippen LogP contribution in [0.2, 0.25) is 0 Å². The minimum absolute atomic E-state index is 0.198. The molecule has 4 rings (SSSR count). The number of carbonyl (C=O) groups excluding carboxylic acids is 1. The van der Waals surface area contributed by atoms with Crippen molar-refractivity contribution in [1.29, 1.82) is 0 Å². The van der Waals surface area contributed by atoms with E-state index in [1.54, 1.807) is 47.4 Å². The second-order valence-corrected chi connectivity index (χ2v) is 6.40. The lowest BCUT2D eigenvalue weighted by Crippen LogP contribution is -2.49. The van der Waals surface area contributed by atoms with E-state index >= 15 is 0 Å². The van der Waals surface area contributed by atoms with Crippen LogP contribution in [0, 0.1) is 11.6 Å². The molecular formula is C21H18F2N2O2. The molecule has 0 N–H and O–H groups in total. The summed E-state index contributed by atoms with van der Waals surface area (Å²) in [6.07, 6.45) is 0. The van der Waals surface area contributed by atoms with Crippen LogP contribution in [0.1, 0.15) is 10.6 Å². The molecule has 138 valence electrons. The minimum atomic E-state index is -0.325. The van der Waals surface area contributed by atoms with Crippen LogP contribution in [0.5, 0.6) is 0 Å². The van der Waals surface area contributed by atoms with E-state index in [-0.39, 0.29) is 23.3 Å². The molecule has 0 saturated carbocycles. The third kappa shape index (κ3) is 3.56. The van der Waals surface area contributed by atoms with Gasteiger partial charge in [0.05, 0.1) is 5.69 Å². The highest BCUT2D eigenvalue weighted by molar-refractivity contribution is 5.92. The third-order valence-corrected chi connectivity index (χ3v) is 4.71. The molecule has 1 aromatic heterocycles. The van der Waals surface area contributed by atoms with Crippen molar-refractivity contribution in [3.63, 3.8) is 0 Å². The lowest BCUT2D eigenvalue weighted by Gasteiger charge is -2.35. The highest BCUT2D eigenvalue weighted by atomic mass is 19.1. The molecule has 4 nitrogen and oxygen atoms in total. The van der Waals surface area contributed by atoms with E-state index in [1.165, 1.54) is 18.2 Å². The first kappa shape index (κ1) is 17.3. The molecule has 1 aliphatic rings. The summed E-state index contributed by atoms with van der Waals surface area (Å²) in [7, 11) is 0. The molecule has 0 aliphatic carbocycles. The lowest BCUT2D eigenvalue weighted by atomic mass is 10.2. The predicted octanol–water partition coefficient (Wildman–Crippen LogP) is 4.19. The molecule has 0 unspecified atom stereocenters. The molecule has 3 aromatic rings. The van der Waals surface area contributed by atoms with Gasteiger partial charge in [-0.1, -0.05) is 12.1 Å².